The Morgan fingerprint density at radius 1 is 1.45 bits per heavy atom. The molecule has 2 saturated carbocycles. The number of hydrogen-bond acceptors (Lipinski definition) is 1. The molecule has 2 fully saturated rings. The maximum absolute atomic E-state index is 10.9. The summed E-state index contributed by atoms with van der Waals surface area (Å²) in [7, 11) is 0. The van der Waals surface area contributed by atoms with Gasteiger partial charge in [-0.2, -0.15) is 0 Å². The van der Waals surface area contributed by atoms with Crippen LogP contribution >= 0.6 is 0 Å². The predicted octanol–water partition coefficient (Wildman–Crippen LogP) is 2.26. The van der Waals surface area contributed by atoms with Crippen LogP contribution in [-0.2, 0) is 4.79 Å². The lowest BCUT2D eigenvalue weighted by Crippen LogP contribution is -2.26. The van der Waals surface area contributed by atoms with Crippen molar-refractivity contribution in [3.8, 4) is 0 Å². The minimum absolute atomic E-state index is 0.0440. The van der Waals surface area contributed by atoms with Crippen molar-refractivity contribution in [3.63, 3.8) is 0 Å². The van der Waals surface area contributed by atoms with Crippen molar-refractivity contribution >= 4 is 6.29 Å². The molecule has 62 valence electrons. The van der Waals surface area contributed by atoms with Gasteiger partial charge in [-0.1, -0.05) is 13.8 Å². The first-order chi connectivity index (χ1) is 5.17. The zero-order valence-electron chi connectivity index (χ0n) is 7.34. The largest absolute Gasteiger partial charge is 0.303 e. The summed E-state index contributed by atoms with van der Waals surface area (Å²) in [5.41, 5.74) is 0.0440. The molecule has 4 unspecified atom stereocenters. The lowest BCUT2D eigenvalue weighted by atomic mass is 9.75. The molecule has 0 amide bonds. The molecule has 1 heteroatoms. The van der Waals surface area contributed by atoms with Crippen molar-refractivity contribution in [3.05, 3.63) is 0 Å². The van der Waals surface area contributed by atoms with Gasteiger partial charge in [-0.25, -0.2) is 0 Å². The van der Waals surface area contributed by atoms with Crippen molar-refractivity contribution in [1.29, 1.82) is 0 Å². The Hall–Kier alpha value is -0.330. The van der Waals surface area contributed by atoms with Crippen LogP contribution in [0.15, 0.2) is 0 Å². The van der Waals surface area contributed by atoms with Crippen molar-refractivity contribution in [2.24, 2.45) is 23.2 Å². The highest BCUT2D eigenvalue weighted by molar-refractivity contribution is 5.60. The van der Waals surface area contributed by atoms with Gasteiger partial charge in [0.05, 0.1) is 0 Å². The molecule has 0 radical (unpaired) electrons. The summed E-state index contributed by atoms with van der Waals surface area (Å²) in [6, 6.07) is 0. The molecule has 2 rings (SSSR count). The van der Waals surface area contributed by atoms with Crippen LogP contribution in [0.1, 0.15) is 33.1 Å². The predicted molar refractivity (Wildman–Crippen MR) is 44.2 cm³/mol. The van der Waals surface area contributed by atoms with Crippen molar-refractivity contribution in [2.75, 3.05) is 0 Å². The van der Waals surface area contributed by atoms with E-state index in [-0.39, 0.29) is 5.41 Å². The van der Waals surface area contributed by atoms with Crippen LogP contribution < -0.4 is 0 Å². The maximum Gasteiger partial charge on any atom is 0.126 e. The van der Waals surface area contributed by atoms with E-state index in [0.717, 1.165) is 18.3 Å². The van der Waals surface area contributed by atoms with E-state index in [1.54, 1.807) is 0 Å². The SMILES string of the molecule is CC1C2CCC1C(C)(C=O)C2. The van der Waals surface area contributed by atoms with Crippen molar-refractivity contribution < 1.29 is 4.79 Å². The first kappa shape index (κ1) is 7.33. The second-order valence-electron chi connectivity index (χ2n) is 4.63. The fourth-order valence-electron chi connectivity index (χ4n) is 3.32. The normalized spacial score (nSPS) is 54.9. The fraction of sp³-hybridized carbons (Fsp3) is 0.900. The third-order valence-electron chi connectivity index (χ3n) is 4.05. The Labute approximate surface area is 68.2 Å². The Morgan fingerprint density at radius 2 is 2.18 bits per heavy atom. The highest BCUT2D eigenvalue weighted by Crippen LogP contribution is 2.57. The molecule has 4 atom stereocenters. The second kappa shape index (κ2) is 2.09. The van der Waals surface area contributed by atoms with Crippen LogP contribution in [0.25, 0.3) is 0 Å². The quantitative estimate of drug-likeness (QED) is 0.527. The minimum atomic E-state index is 0.0440. The lowest BCUT2D eigenvalue weighted by Gasteiger charge is -2.27. The average Bonchev–Trinajstić information content (AvgIpc) is 2.44. The van der Waals surface area contributed by atoms with E-state index in [9.17, 15) is 4.79 Å². The number of hydrogen-bond donors (Lipinski definition) is 0. The zero-order chi connectivity index (χ0) is 8.06. The maximum atomic E-state index is 10.9. The van der Waals surface area contributed by atoms with Crippen molar-refractivity contribution in [2.45, 2.75) is 33.1 Å². The summed E-state index contributed by atoms with van der Waals surface area (Å²) in [5, 5.41) is 0. The standard InChI is InChI=1S/C10H16O/c1-7-8-3-4-9(7)10(2,5-8)6-11/h6-9H,3-5H2,1-2H3. The van der Waals surface area contributed by atoms with E-state index in [1.807, 2.05) is 0 Å². The third-order valence-corrected chi connectivity index (χ3v) is 4.05. The fourth-order valence-corrected chi connectivity index (χ4v) is 3.32. The van der Waals surface area contributed by atoms with Gasteiger partial charge in [-0.3, -0.25) is 0 Å². The summed E-state index contributed by atoms with van der Waals surface area (Å²) in [5.74, 6) is 2.37. The van der Waals surface area contributed by atoms with E-state index in [0.29, 0.717) is 5.92 Å². The summed E-state index contributed by atoms with van der Waals surface area (Å²) < 4.78 is 0. The molecule has 2 bridgehead atoms. The lowest BCUT2D eigenvalue weighted by molar-refractivity contribution is -0.118. The molecular weight excluding hydrogens is 136 g/mol. The Kier molecular flexibility index (Phi) is 1.39. The van der Waals surface area contributed by atoms with Crippen LogP contribution in [0.4, 0.5) is 0 Å². The van der Waals surface area contributed by atoms with Gasteiger partial charge in [-0.15, -0.1) is 0 Å². The van der Waals surface area contributed by atoms with Gasteiger partial charge in [0.1, 0.15) is 6.29 Å². The van der Waals surface area contributed by atoms with Gasteiger partial charge in [0.2, 0.25) is 0 Å². The molecule has 11 heavy (non-hydrogen) atoms. The average molecular weight is 152 g/mol. The van der Waals surface area contributed by atoms with Crippen LogP contribution in [0.5, 0.6) is 0 Å². The summed E-state index contributed by atoms with van der Waals surface area (Å²) in [6.07, 6.45) is 5.02. The van der Waals surface area contributed by atoms with Crippen molar-refractivity contribution in [1.82, 2.24) is 0 Å². The highest BCUT2D eigenvalue weighted by Gasteiger charge is 2.52. The molecule has 0 aromatic carbocycles. The van der Waals surface area contributed by atoms with Gasteiger partial charge in [0.25, 0.3) is 0 Å². The van der Waals surface area contributed by atoms with Gasteiger partial charge in [0.15, 0.2) is 0 Å². The molecule has 0 aromatic rings. The number of rotatable bonds is 1. The molecule has 0 spiro atoms. The first-order valence-electron chi connectivity index (χ1n) is 4.64. The minimum Gasteiger partial charge on any atom is -0.303 e. The molecule has 1 nitrogen and oxygen atoms in total. The molecule has 2 aliphatic rings. The number of carbonyl (C=O) groups is 1. The van der Waals surface area contributed by atoms with E-state index in [1.165, 1.54) is 19.1 Å². The number of carbonyl (C=O) groups excluding carboxylic acids is 1. The molecular formula is C10H16O. The first-order valence-corrected chi connectivity index (χ1v) is 4.64. The summed E-state index contributed by atoms with van der Waals surface area (Å²) in [4.78, 5) is 10.9. The number of aldehydes is 1. The Bertz CT molecular complexity index is 187. The topological polar surface area (TPSA) is 17.1 Å². The molecule has 2 aliphatic carbocycles. The molecule has 0 saturated heterocycles. The van der Waals surface area contributed by atoms with Crippen LogP contribution in [0.3, 0.4) is 0 Å². The monoisotopic (exact) mass is 152 g/mol. The van der Waals surface area contributed by atoms with Gasteiger partial charge in [0, 0.05) is 5.41 Å². The number of fused-ring (bicyclic) bond motifs is 2. The molecule has 0 heterocycles. The van der Waals surface area contributed by atoms with Crippen LogP contribution in [-0.4, -0.2) is 6.29 Å². The highest BCUT2D eigenvalue weighted by atomic mass is 16.1. The molecule has 0 N–H and O–H groups in total. The van der Waals surface area contributed by atoms with Gasteiger partial charge < -0.3 is 4.79 Å². The van der Waals surface area contributed by atoms with E-state index >= 15 is 0 Å². The van der Waals surface area contributed by atoms with E-state index in [4.69, 9.17) is 0 Å². The van der Waals surface area contributed by atoms with Crippen LogP contribution in [0, 0.1) is 23.2 Å². The van der Waals surface area contributed by atoms with E-state index in [2.05, 4.69) is 13.8 Å². The smallest absolute Gasteiger partial charge is 0.126 e. The Morgan fingerprint density at radius 3 is 2.45 bits per heavy atom. The summed E-state index contributed by atoms with van der Waals surface area (Å²) in [6.45, 7) is 4.46. The van der Waals surface area contributed by atoms with Gasteiger partial charge in [-0.05, 0) is 37.0 Å². The van der Waals surface area contributed by atoms with E-state index < -0.39 is 0 Å². The molecule has 0 aromatic heterocycles. The van der Waals surface area contributed by atoms with Gasteiger partial charge >= 0.3 is 0 Å². The second-order valence-corrected chi connectivity index (χ2v) is 4.63. The summed E-state index contributed by atoms with van der Waals surface area (Å²) >= 11 is 0. The van der Waals surface area contributed by atoms with Crippen LogP contribution in [0.2, 0.25) is 0 Å². The third kappa shape index (κ3) is 0.800. The Balaban J connectivity index is 2.26. The zero-order valence-corrected chi connectivity index (χ0v) is 7.34. The molecule has 0 aliphatic heterocycles.